The molecule has 3 aromatic carbocycles. The molecule has 4 amide bonds. The van der Waals surface area contributed by atoms with Gasteiger partial charge in [-0.25, -0.2) is 4.90 Å². The molecule has 0 N–H and O–H groups in total. The Labute approximate surface area is 241 Å². The molecule has 0 fully saturated rings. The number of hydrogen-bond acceptors (Lipinski definition) is 4. The molecule has 0 saturated carbocycles. The van der Waals surface area contributed by atoms with Gasteiger partial charge in [0.1, 0.15) is 0 Å². The number of rotatable bonds is 3. The van der Waals surface area contributed by atoms with Crippen LogP contribution in [0, 0.1) is 34.6 Å². The average molecular weight is 603 g/mol. The third-order valence-corrected chi connectivity index (χ3v) is 8.88. The number of hydrogen-bond donors (Lipinski definition) is 0. The third-order valence-electron chi connectivity index (χ3n) is 8.88. The van der Waals surface area contributed by atoms with E-state index in [1.54, 1.807) is 27.7 Å². The van der Waals surface area contributed by atoms with E-state index in [1.807, 2.05) is 6.92 Å². The Kier molecular flexibility index (Phi) is 6.46. The zero-order valence-electron chi connectivity index (χ0n) is 23.8. The standard InChI is InChI=1S/C31H24F6N2O4/c1-13-14(2)16(4)24(17(5)15(13)3)39-27(42)21-10-8-19(12-23(21)28(39)43)29(30(32,33)34,31(35,36)37)18-7-9-20-22(11-18)26(41)38(6)25(20)40/h7-12H,1-6H3. The molecule has 224 valence electrons. The summed E-state index contributed by atoms with van der Waals surface area (Å²) >= 11 is 0. The lowest BCUT2D eigenvalue weighted by atomic mass is 9.71. The number of halogens is 6. The maximum atomic E-state index is 14.9. The van der Waals surface area contributed by atoms with Crippen LogP contribution in [0.2, 0.25) is 0 Å². The predicted octanol–water partition coefficient (Wildman–Crippen LogP) is 6.67. The minimum absolute atomic E-state index is 0.220. The summed E-state index contributed by atoms with van der Waals surface area (Å²) in [5.41, 5.74) is -5.55. The Morgan fingerprint density at radius 1 is 0.512 bits per heavy atom. The van der Waals surface area contributed by atoms with Crippen molar-refractivity contribution in [3.63, 3.8) is 0 Å². The summed E-state index contributed by atoms with van der Waals surface area (Å²) in [5, 5.41) is 0. The second-order valence-corrected chi connectivity index (χ2v) is 10.9. The number of carbonyl (C=O) groups excluding carboxylic acids is 4. The number of amides is 4. The van der Waals surface area contributed by atoms with Gasteiger partial charge in [0, 0.05) is 7.05 Å². The number of carbonyl (C=O) groups is 4. The van der Waals surface area contributed by atoms with Crippen LogP contribution in [-0.2, 0) is 5.41 Å². The number of benzene rings is 3. The van der Waals surface area contributed by atoms with Crippen LogP contribution in [0.5, 0.6) is 0 Å². The van der Waals surface area contributed by atoms with E-state index in [9.17, 15) is 45.5 Å². The van der Waals surface area contributed by atoms with Crippen molar-refractivity contribution in [3.8, 4) is 0 Å². The molecule has 0 aromatic heterocycles. The number of imide groups is 2. The summed E-state index contributed by atoms with van der Waals surface area (Å²) in [6, 6.07) is 3.41. The second-order valence-electron chi connectivity index (χ2n) is 10.9. The van der Waals surface area contributed by atoms with E-state index in [0.717, 1.165) is 40.8 Å². The smallest absolute Gasteiger partial charge is 0.277 e. The van der Waals surface area contributed by atoms with Crippen LogP contribution in [0.1, 0.15) is 80.4 Å². The van der Waals surface area contributed by atoms with Crippen molar-refractivity contribution >= 4 is 29.3 Å². The molecule has 2 heterocycles. The van der Waals surface area contributed by atoms with Crippen molar-refractivity contribution < 1.29 is 45.5 Å². The molecule has 0 saturated heterocycles. The summed E-state index contributed by atoms with van der Waals surface area (Å²) in [6.07, 6.45) is -12.1. The first-order valence-corrected chi connectivity index (χ1v) is 13.0. The van der Waals surface area contributed by atoms with Crippen molar-refractivity contribution in [1.82, 2.24) is 4.90 Å². The molecule has 0 radical (unpaired) electrons. The lowest BCUT2D eigenvalue weighted by Gasteiger charge is -2.38. The fraction of sp³-hybridized carbons (Fsp3) is 0.290. The van der Waals surface area contributed by atoms with E-state index in [2.05, 4.69) is 0 Å². The average Bonchev–Trinajstić information content (AvgIpc) is 3.29. The maximum Gasteiger partial charge on any atom is 0.411 e. The predicted molar refractivity (Wildman–Crippen MR) is 143 cm³/mol. The van der Waals surface area contributed by atoms with Gasteiger partial charge in [-0.1, -0.05) is 12.1 Å². The third kappa shape index (κ3) is 3.81. The summed E-state index contributed by atoms with van der Waals surface area (Å²) in [7, 11) is 1.06. The molecule has 0 atom stereocenters. The summed E-state index contributed by atoms with van der Waals surface area (Å²) in [5.74, 6) is -3.87. The van der Waals surface area contributed by atoms with Crippen LogP contribution in [0.4, 0.5) is 32.0 Å². The van der Waals surface area contributed by atoms with Crippen molar-refractivity contribution in [3.05, 3.63) is 97.6 Å². The Morgan fingerprint density at radius 3 is 1.30 bits per heavy atom. The van der Waals surface area contributed by atoms with E-state index in [4.69, 9.17) is 0 Å². The lowest BCUT2D eigenvalue weighted by molar-refractivity contribution is -0.288. The molecule has 43 heavy (non-hydrogen) atoms. The fourth-order valence-corrected chi connectivity index (χ4v) is 6.07. The summed E-state index contributed by atoms with van der Waals surface area (Å²) in [6.45, 7) is 8.77. The Balaban J connectivity index is 1.76. The van der Waals surface area contributed by atoms with Gasteiger partial charge in [0.25, 0.3) is 23.6 Å². The Hall–Kier alpha value is -4.48. The van der Waals surface area contributed by atoms with E-state index in [1.165, 1.54) is 0 Å². The lowest BCUT2D eigenvalue weighted by Crippen LogP contribution is -2.55. The molecule has 0 aliphatic carbocycles. The maximum absolute atomic E-state index is 14.9. The molecule has 3 aromatic rings. The summed E-state index contributed by atoms with van der Waals surface area (Å²) in [4.78, 5) is 53.3. The molecular formula is C31H24F6N2O4. The number of anilines is 1. The molecule has 6 nitrogen and oxygen atoms in total. The van der Waals surface area contributed by atoms with Crippen LogP contribution in [-0.4, -0.2) is 47.9 Å². The molecule has 5 rings (SSSR count). The largest absolute Gasteiger partial charge is 0.411 e. The first-order chi connectivity index (χ1) is 19.8. The Morgan fingerprint density at radius 2 is 0.860 bits per heavy atom. The van der Waals surface area contributed by atoms with Crippen LogP contribution >= 0.6 is 0 Å². The van der Waals surface area contributed by atoms with Crippen LogP contribution in [0.15, 0.2) is 36.4 Å². The molecule has 2 aliphatic heterocycles. The first-order valence-electron chi connectivity index (χ1n) is 13.0. The number of fused-ring (bicyclic) bond motifs is 2. The van der Waals surface area contributed by atoms with Gasteiger partial charge in [0.15, 0.2) is 0 Å². The zero-order valence-corrected chi connectivity index (χ0v) is 23.8. The van der Waals surface area contributed by atoms with E-state index in [0.29, 0.717) is 40.3 Å². The van der Waals surface area contributed by atoms with Crippen LogP contribution in [0.25, 0.3) is 0 Å². The van der Waals surface area contributed by atoms with E-state index in [-0.39, 0.29) is 16.8 Å². The highest BCUT2D eigenvalue weighted by molar-refractivity contribution is 6.35. The second kappa shape index (κ2) is 9.26. The van der Waals surface area contributed by atoms with Gasteiger partial charge in [-0.05, 0) is 97.8 Å². The number of alkyl halides is 6. The van der Waals surface area contributed by atoms with Gasteiger partial charge in [-0.15, -0.1) is 0 Å². The molecule has 0 spiro atoms. The van der Waals surface area contributed by atoms with Gasteiger partial charge in [-0.3, -0.25) is 24.1 Å². The first kappa shape index (κ1) is 30.0. The fourth-order valence-electron chi connectivity index (χ4n) is 6.07. The monoisotopic (exact) mass is 602 g/mol. The SMILES string of the molecule is Cc1c(C)c(C)c(N2C(=O)c3ccc(C(c4ccc5c(c4)C(=O)N(C)C5=O)(C(F)(F)F)C(F)(F)F)cc3C2=O)c(C)c1C. The van der Waals surface area contributed by atoms with Crippen LogP contribution < -0.4 is 4.90 Å². The topological polar surface area (TPSA) is 74.8 Å². The van der Waals surface area contributed by atoms with E-state index >= 15 is 0 Å². The van der Waals surface area contributed by atoms with E-state index < -0.39 is 63.7 Å². The van der Waals surface area contributed by atoms with Crippen molar-refractivity contribution in [1.29, 1.82) is 0 Å². The van der Waals surface area contributed by atoms with Crippen LogP contribution in [0.3, 0.4) is 0 Å². The highest BCUT2D eigenvalue weighted by Gasteiger charge is 2.73. The van der Waals surface area contributed by atoms with Crippen molar-refractivity contribution in [2.45, 2.75) is 52.4 Å². The van der Waals surface area contributed by atoms with Crippen molar-refractivity contribution in [2.75, 3.05) is 11.9 Å². The van der Waals surface area contributed by atoms with Gasteiger partial charge in [0.05, 0.1) is 27.9 Å². The zero-order chi connectivity index (χ0) is 32.1. The summed E-state index contributed by atoms with van der Waals surface area (Å²) < 4.78 is 89.4. The highest BCUT2D eigenvalue weighted by Crippen LogP contribution is 2.57. The van der Waals surface area contributed by atoms with Gasteiger partial charge in [0.2, 0.25) is 5.41 Å². The molecule has 2 aliphatic rings. The van der Waals surface area contributed by atoms with Crippen molar-refractivity contribution in [2.24, 2.45) is 0 Å². The molecular weight excluding hydrogens is 578 g/mol. The Bertz CT molecular complexity index is 1760. The molecule has 0 unspecified atom stereocenters. The molecule has 12 heteroatoms. The molecule has 0 bridgehead atoms. The van der Waals surface area contributed by atoms with Gasteiger partial charge in [-0.2, -0.15) is 26.3 Å². The number of nitrogens with zero attached hydrogens (tertiary/aromatic N) is 2. The normalized spacial score (nSPS) is 15.5. The highest BCUT2D eigenvalue weighted by atomic mass is 19.4. The van der Waals surface area contributed by atoms with Gasteiger partial charge >= 0.3 is 12.4 Å². The van der Waals surface area contributed by atoms with Gasteiger partial charge < -0.3 is 0 Å². The quantitative estimate of drug-likeness (QED) is 0.248. The minimum Gasteiger partial charge on any atom is -0.277 e. The minimum atomic E-state index is -6.03.